The molecule has 8 heteroatoms. The molecule has 1 atom stereocenters. The summed E-state index contributed by atoms with van der Waals surface area (Å²) in [5.41, 5.74) is 5.55. The molecule has 0 saturated heterocycles. The Hall–Kier alpha value is -1.67. The minimum atomic E-state index is -3.93. The second kappa shape index (κ2) is 6.67. The van der Waals surface area contributed by atoms with Gasteiger partial charge in [-0.15, -0.1) is 0 Å². The second-order valence-electron chi connectivity index (χ2n) is 4.71. The van der Waals surface area contributed by atoms with Gasteiger partial charge < -0.3 is 10.5 Å². The molecule has 0 aliphatic heterocycles. The Morgan fingerprint density at radius 1 is 1.50 bits per heavy atom. The molecule has 0 bridgehead atoms. The van der Waals surface area contributed by atoms with Crippen LogP contribution in [0.3, 0.4) is 0 Å². The molecule has 3 N–H and O–H groups in total. The summed E-state index contributed by atoms with van der Waals surface area (Å²) in [6.07, 6.45) is 1.71. The molecule has 0 amide bonds. The van der Waals surface area contributed by atoms with Crippen LogP contribution in [0.2, 0.25) is 0 Å². The number of esters is 1. The van der Waals surface area contributed by atoms with E-state index >= 15 is 0 Å². The van der Waals surface area contributed by atoms with Crippen LogP contribution in [0.1, 0.15) is 20.3 Å². The predicted molar refractivity (Wildman–Crippen MR) is 74.2 cm³/mol. The van der Waals surface area contributed by atoms with Gasteiger partial charge in [-0.1, -0.05) is 13.8 Å². The Labute approximate surface area is 118 Å². The Kier molecular flexibility index (Phi) is 5.46. The molecule has 0 aliphatic rings. The quantitative estimate of drug-likeness (QED) is 0.741. The standard InChI is InChI=1S/C12H19N3O4S/c1-8(2)7-9(12(16)19-3)15-20(17,18)10-5-4-6-14-11(10)13/h4-6,8-9,15H,7H2,1-3H3,(H2,13,14). The molecule has 0 aromatic carbocycles. The third-order valence-electron chi connectivity index (χ3n) is 2.58. The molecule has 0 saturated carbocycles. The summed E-state index contributed by atoms with van der Waals surface area (Å²) in [6, 6.07) is 1.83. The molecule has 20 heavy (non-hydrogen) atoms. The van der Waals surface area contributed by atoms with Gasteiger partial charge >= 0.3 is 5.97 Å². The van der Waals surface area contributed by atoms with Gasteiger partial charge in [0.15, 0.2) is 0 Å². The first-order chi connectivity index (χ1) is 9.27. The number of hydrogen-bond acceptors (Lipinski definition) is 6. The summed E-state index contributed by atoms with van der Waals surface area (Å²) in [4.78, 5) is 15.2. The summed E-state index contributed by atoms with van der Waals surface area (Å²) in [6.45, 7) is 3.76. The number of ether oxygens (including phenoxy) is 1. The van der Waals surface area contributed by atoms with Crippen molar-refractivity contribution in [3.05, 3.63) is 18.3 Å². The highest BCUT2D eigenvalue weighted by Crippen LogP contribution is 2.16. The van der Waals surface area contributed by atoms with Crippen LogP contribution >= 0.6 is 0 Å². The van der Waals surface area contributed by atoms with Gasteiger partial charge in [0.1, 0.15) is 16.8 Å². The number of aromatic nitrogens is 1. The Morgan fingerprint density at radius 3 is 2.65 bits per heavy atom. The number of carbonyl (C=O) groups excluding carboxylic acids is 1. The number of rotatable bonds is 6. The normalized spacial score (nSPS) is 13.2. The van der Waals surface area contributed by atoms with Gasteiger partial charge in [0.25, 0.3) is 0 Å². The molecule has 1 aromatic heterocycles. The van der Waals surface area contributed by atoms with Crippen LogP contribution < -0.4 is 10.5 Å². The lowest BCUT2D eigenvalue weighted by Crippen LogP contribution is -2.42. The van der Waals surface area contributed by atoms with Crippen LogP contribution in [0.4, 0.5) is 5.82 Å². The molecule has 1 rings (SSSR count). The van der Waals surface area contributed by atoms with Crippen molar-refractivity contribution in [2.75, 3.05) is 12.8 Å². The van der Waals surface area contributed by atoms with E-state index in [9.17, 15) is 13.2 Å². The maximum Gasteiger partial charge on any atom is 0.323 e. The number of anilines is 1. The van der Waals surface area contributed by atoms with Crippen LogP contribution in [0.25, 0.3) is 0 Å². The number of carbonyl (C=O) groups is 1. The molecule has 0 radical (unpaired) electrons. The van der Waals surface area contributed by atoms with Crippen LogP contribution in [-0.4, -0.2) is 32.5 Å². The number of sulfonamides is 1. The first-order valence-corrected chi connectivity index (χ1v) is 7.57. The molecule has 1 aromatic rings. The van der Waals surface area contributed by atoms with Crippen molar-refractivity contribution in [1.29, 1.82) is 0 Å². The first-order valence-electron chi connectivity index (χ1n) is 6.08. The molecule has 0 aliphatic carbocycles. The average molecular weight is 301 g/mol. The van der Waals surface area contributed by atoms with Crippen molar-refractivity contribution in [2.45, 2.75) is 31.2 Å². The monoisotopic (exact) mass is 301 g/mol. The highest BCUT2D eigenvalue weighted by molar-refractivity contribution is 7.89. The maximum absolute atomic E-state index is 12.2. The van der Waals surface area contributed by atoms with Crippen molar-refractivity contribution in [1.82, 2.24) is 9.71 Å². The van der Waals surface area contributed by atoms with Crippen LogP contribution in [0.15, 0.2) is 23.2 Å². The van der Waals surface area contributed by atoms with E-state index in [0.29, 0.717) is 6.42 Å². The largest absolute Gasteiger partial charge is 0.468 e. The molecule has 7 nitrogen and oxygen atoms in total. The number of nitrogens with one attached hydrogen (secondary N) is 1. The number of nitrogen functional groups attached to an aromatic ring is 1. The molecule has 1 heterocycles. The van der Waals surface area contributed by atoms with Gasteiger partial charge in [-0.2, -0.15) is 4.72 Å². The smallest absolute Gasteiger partial charge is 0.323 e. The fraction of sp³-hybridized carbons (Fsp3) is 0.500. The summed E-state index contributed by atoms with van der Waals surface area (Å²) in [7, 11) is -2.72. The van der Waals surface area contributed by atoms with Crippen molar-refractivity contribution < 1.29 is 17.9 Å². The molecule has 1 unspecified atom stereocenters. The van der Waals surface area contributed by atoms with Gasteiger partial charge in [-0.25, -0.2) is 13.4 Å². The number of nitrogens with zero attached hydrogens (tertiary/aromatic N) is 1. The van der Waals surface area contributed by atoms with Crippen molar-refractivity contribution >= 4 is 21.8 Å². The van der Waals surface area contributed by atoms with Gasteiger partial charge in [-0.05, 0) is 24.5 Å². The molecular formula is C12H19N3O4S. The number of nitrogens with two attached hydrogens (primary N) is 1. The lowest BCUT2D eigenvalue weighted by molar-refractivity contribution is -0.143. The third kappa shape index (κ3) is 4.17. The summed E-state index contributed by atoms with van der Waals surface area (Å²) in [5, 5.41) is 0. The van der Waals surface area contributed by atoms with E-state index < -0.39 is 22.0 Å². The zero-order valence-corrected chi connectivity index (χ0v) is 12.5. The number of pyridine rings is 1. The Bertz CT molecular complexity index is 572. The van der Waals surface area contributed by atoms with E-state index in [1.807, 2.05) is 13.8 Å². The van der Waals surface area contributed by atoms with Crippen LogP contribution in [0, 0.1) is 5.92 Å². The van der Waals surface area contributed by atoms with E-state index in [1.165, 1.54) is 25.4 Å². The zero-order valence-electron chi connectivity index (χ0n) is 11.7. The van der Waals surface area contributed by atoms with E-state index in [1.54, 1.807) is 0 Å². The van der Waals surface area contributed by atoms with Crippen LogP contribution in [-0.2, 0) is 19.6 Å². The molecular weight excluding hydrogens is 282 g/mol. The van der Waals surface area contributed by atoms with Gasteiger partial charge in [0.05, 0.1) is 7.11 Å². The Morgan fingerprint density at radius 2 is 2.15 bits per heavy atom. The predicted octanol–water partition coefficient (Wildman–Crippen LogP) is 0.530. The molecule has 112 valence electrons. The zero-order chi connectivity index (χ0) is 15.3. The topological polar surface area (TPSA) is 111 Å². The van der Waals surface area contributed by atoms with E-state index in [-0.39, 0.29) is 16.6 Å². The highest BCUT2D eigenvalue weighted by atomic mass is 32.2. The van der Waals surface area contributed by atoms with E-state index in [4.69, 9.17) is 5.73 Å². The van der Waals surface area contributed by atoms with Crippen molar-refractivity contribution in [2.24, 2.45) is 5.92 Å². The van der Waals surface area contributed by atoms with Gasteiger partial charge in [-0.3, -0.25) is 4.79 Å². The molecule has 0 spiro atoms. The van der Waals surface area contributed by atoms with Crippen molar-refractivity contribution in [3.8, 4) is 0 Å². The second-order valence-corrected chi connectivity index (χ2v) is 6.40. The first kappa shape index (κ1) is 16.4. The number of methoxy groups -OCH3 is 1. The minimum Gasteiger partial charge on any atom is -0.468 e. The van der Waals surface area contributed by atoms with E-state index in [2.05, 4.69) is 14.4 Å². The fourth-order valence-electron chi connectivity index (χ4n) is 1.69. The molecule has 0 fully saturated rings. The van der Waals surface area contributed by atoms with Crippen LogP contribution in [0.5, 0.6) is 0 Å². The Balaban J connectivity index is 3.03. The van der Waals surface area contributed by atoms with Gasteiger partial charge in [0.2, 0.25) is 10.0 Å². The van der Waals surface area contributed by atoms with Crippen molar-refractivity contribution in [3.63, 3.8) is 0 Å². The minimum absolute atomic E-state index is 0.117. The van der Waals surface area contributed by atoms with Gasteiger partial charge in [0, 0.05) is 6.20 Å². The lowest BCUT2D eigenvalue weighted by Gasteiger charge is -2.18. The average Bonchev–Trinajstić information content (AvgIpc) is 2.36. The SMILES string of the molecule is COC(=O)C(CC(C)C)NS(=O)(=O)c1cccnc1N. The number of hydrogen-bond donors (Lipinski definition) is 2. The van der Waals surface area contributed by atoms with E-state index in [0.717, 1.165) is 0 Å². The highest BCUT2D eigenvalue weighted by Gasteiger charge is 2.28. The summed E-state index contributed by atoms with van der Waals surface area (Å²) in [5.74, 6) is -0.633. The fourth-order valence-corrected chi connectivity index (χ4v) is 2.97. The summed E-state index contributed by atoms with van der Waals surface area (Å²) < 4.78 is 31.4. The maximum atomic E-state index is 12.2. The lowest BCUT2D eigenvalue weighted by atomic mass is 10.1. The summed E-state index contributed by atoms with van der Waals surface area (Å²) >= 11 is 0. The third-order valence-corrected chi connectivity index (χ3v) is 4.10.